The molecule has 0 radical (unpaired) electrons. The molecular formula is C25H32N8. The summed E-state index contributed by atoms with van der Waals surface area (Å²) in [6, 6.07) is 8.37. The molecule has 2 fully saturated rings. The van der Waals surface area contributed by atoms with Crippen molar-refractivity contribution in [3.8, 4) is 11.3 Å². The lowest BCUT2D eigenvalue weighted by Crippen LogP contribution is -2.43. The average Bonchev–Trinajstić information content (AvgIpc) is 2.89. The summed E-state index contributed by atoms with van der Waals surface area (Å²) in [4.78, 5) is 20.3. The maximum atomic E-state index is 4.90. The number of hydrogen-bond acceptors (Lipinski definition) is 8. The molecule has 8 heteroatoms. The predicted octanol–water partition coefficient (Wildman–Crippen LogP) is 4.08. The second-order valence-corrected chi connectivity index (χ2v) is 8.87. The first kappa shape index (κ1) is 21.6. The van der Waals surface area contributed by atoms with E-state index in [0.717, 1.165) is 67.2 Å². The molecule has 33 heavy (non-hydrogen) atoms. The molecule has 172 valence electrons. The quantitative estimate of drug-likeness (QED) is 0.502. The Bertz CT molecular complexity index is 1030. The maximum absolute atomic E-state index is 4.90. The summed E-state index contributed by atoms with van der Waals surface area (Å²) in [6.07, 6.45) is 13.6. The van der Waals surface area contributed by atoms with Crippen molar-refractivity contribution in [2.24, 2.45) is 5.92 Å². The molecule has 2 aliphatic rings. The fourth-order valence-electron chi connectivity index (χ4n) is 4.64. The molecule has 0 unspecified atom stereocenters. The summed E-state index contributed by atoms with van der Waals surface area (Å²) in [5.41, 5.74) is 3.04. The molecule has 0 spiro atoms. The molecule has 1 aliphatic heterocycles. The van der Waals surface area contributed by atoms with E-state index in [1.807, 2.05) is 12.3 Å². The number of hydrogen-bond donors (Lipinski definition) is 3. The van der Waals surface area contributed by atoms with Crippen LogP contribution in [0.5, 0.6) is 0 Å². The molecule has 0 bridgehead atoms. The molecule has 3 aromatic rings. The third kappa shape index (κ3) is 5.76. The number of nitrogens with zero attached hydrogens (tertiary/aromatic N) is 5. The van der Waals surface area contributed by atoms with E-state index in [0.29, 0.717) is 5.82 Å². The van der Waals surface area contributed by atoms with Crippen LogP contribution < -0.4 is 20.9 Å². The van der Waals surface area contributed by atoms with Gasteiger partial charge in [-0.3, -0.25) is 4.98 Å². The van der Waals surface area contributed by atoms with Gasteiger partial charge in [0.2, 0.25) is 0 Å². The number of piperazine rings is 1. The fourth-order valence-corrected chi connectivity index (χ4v) is 4.64. The van der Waals surface area contributed by atoms with Crippen LogP contribution in [-0.2, 0) is 0 Å². The molecule has 3 N–H and O–H groups in total. The lowest BCUT2D eigenvalue weighted by atomic mass is 9.89. The average molecular weight is 445 g/mol. The first-order chi connectivity index (χ1) is 16.3. The number of aromatic nitrogens is 4. The maximum Gasteiger partial charge on any atom is 0.150 e. The summed E-state index contributed by atoms with van der Waals surface area (Å²) in [7, 11) is 0. The summed E-state index contributed by atoms with van der Waals surface area (Å²) in [5, 5.41) is 10.4. The number of anilines is 4. The SMILES string of the molecule is c1cnc(Nc2cc(NCC3CCCCC3)cc(-c3ccnc(N4CCNCC4)c3)n2)cn1. The number of pyridine rings is 2. The van der Waals surface area contributed by atoms with E-state index in [4.69, 9.17) is 4.98 Å². The summed E-state index contributed by atoms with van der Waals surface area (Å²) < 4.78 is 0. The van der Waals surface area contributed by atoms with Crippen molar-refractivity contribution < 1.29 is 0 Å². The molecule has 3 aromatic heterocycles. The first-order valence-corrected chi connectivity index (χ1v) is 12.0. The predicted molar refractivity (Wildman–Crippen MR) is 133 cm³/mol. The minimum atomic E-state index is 0.677. The second-order valence-electron chi connectivity index (χ2n) is 8.87. The summed E-state index contributed by atoms with van der Waals surface area (Å²) in [5.74, 6) is 3.17. The molecule has 1 saturated heterocycles. The number of rotatable bonds is 7. The molecule has 0 amide bonds. The van der Waals surface area contributed by atoms with Crippen LogP contribution in [0.2, 0.25) is 0 Å². The van der Waals surface area contributed by atoms with Gasteiger partial charge in [0, 0.05) is 68.6 Å². The van der Waals surface area contributed by atoms with Crippen LogP contribution in [0.25, 0.3) is 11.3 Å². The molecule has 4 heterocycles. The highest BCUT2D eigenvalue weighted by Crippen LogP contribution is 2.29. The van der Waals surface area contributed by atoms with E-state index in [1.54, 1.807) is 18.6 Å². The lowest BCUT2D eigenvalue weighted by Gasteiger charge is -2.28. The molecule has 1 aliphatic carbocycles. The van der Waals surface area contributed by atoms with Crippen molar-refractivity contribution in [1.82, 2.24) is 25.3 Å². The van der Waals surface area contributed by atoms with Gasteiger partial charge in [-0.15, -0.1) is 0 Å². The lowest BCUT2D eigenvalue weighted by molar-refractivity contribution is 0.373. The highest BCUT2D eigenvalue weighted by Gasteiger charge is 2.15. The molecule has 5 rings (SSSR count). The highest BCUT2D eigenvalue weighted by molar-refractivity contribution is 5.71. The Morgan fingerprint density at radius 2 is 1.82 bits per heavy atom. The first-order valence-electron chi connectivity index (χ1n) is 12.0. The van der Waals surface area contributed by atoms with Gasteiger partial charge in [0.1, 0.15) is 17.5 Å². The summed E-state index contributed by atoms with van der Waals surface area (Å²) in [6.45, 7) is 4.89. The normalized spacial score (nSPS) is 17.0. The van der Waals surface area contributed by atoms with Gasteiger partial charge in [0.25, 0.3) is 0 Å². The molecule has 0 atom stereocenters. The van der Waals surface area contributed by atoms with Crippen molar-refractivity contribution in [2.75, 3.05) is 48.3 Å². The van der Waals surface area contributed by atoms with Gasteiger partial charge < -0.3 is 20.9 Å². The van der Waals surface area contributed by atoms with Crippen molar-refractivity contribution in [3.05, 3.63) is 49.1 Å². The van der Waals surface area contributed by atoms with Crippen LogP contribution in [0.3, 0.4) is 0 Å². The van der Waals surface area contributed by atoms with Crippen LogP contribution in [0.15, 0.2) is 49.1 Å². The van der Waals surface area contributed by atoms with Crippen molar-refractivity contribution in [2.45, 2.75) is 32.1 Å². The van der Waals surface area contributed by atoms with E-state index in [-0.39, 0.29) is 0 Å². The van der Waals surface area contributed by atoms with Gasteiger partial charge in [-0.25, -0.2) is 15.0 Å². The van der Waals surface area contributed by atoms with E-state index >= 15 is 0 Å². The Hall–Kier alpha value is -3.26. The van der Waals surface area contributed by atoms with Gasteiger partial charge in [-0.1, -0.05) is 19.3 Å². The molecule has 8 nitrogen and oxygen atoms in total. The van der Waals surface area contributed by atoms with Crippen LogP contribution in [0.1, 0.15) is 32.1 Å². The minimum Gasteiger partial charge on any atom is -0.385 e. The molecular weight excluding hydrogens is 412 g/mol. The van der Waals surface area contributed by atoms with Gasteiger partial charge in [-0.05, 0) is 37.0 Å². The van der Waals surface area contributed by atoms with Gasteiger partial charge in [0.05, 0.1) is 11.9 Å². The monoisotopic (exact) mass is 444 g/mol. The van der Waals surface area contributed by atoms with Crippen LogP contribution >= 0.6 is 0 Å². The molecule has 0 aromatic carbocycles. The number of nitrogens with one attached hydrogen (secondary N) is 3. The highest BCUT2D eigenvalue weighted by atomic mass is 15.2. The third-order valence-corrected chi connectivity index (χ3v) is 6.45. The Morgan fingerprint density at radius 1 is 0.939 bits per heavy atom. The van der Waals surface area contributed by atoms with Crippen LogP contribution in [0, 0.1) is 5.92 Å². The van der Waals surface area contributed by atoms with Gasteiger partial charge in [0.15, 0.2) is 0 Å². The van der Waals surface area contributed by atoms with Gasteiger partial charge >= 0.3 is 0 Å². The Balaban J connectivity index is 1.41. The van der Waals surface area contributed by atoms with Crippen LogP contribution in [0.4, 0.5) is 23.1 Å². The largest absolute Gasteiger partial charge is 0.385 e. The zero-order valence-corrected chi connectivity index (χ0v) is 19.0. The van der Waals surface area contributed by atoms with Gasteiger partial charge in [-0.2, -0.15) is 0 Å². The van der Waals surface area contributed by atoms with Crippen LogP contribution in [-0.4, -0.2) is 52.7 Å². The second kappa shape index (κ2) is 10.6. The zero-order chi connectivity index (χ0) is 22.3. The van der Waals surface area contributed by atoms with Crippen molar-refractivity contribution >= 4 is 23.1 Å². The van der Waals surface area contributed by atoms with E-state index in [1.165, 1.54) is 32.1 Å². The standard InChI is InChI=1S/C25H32N8/c1-2-4-19(5-3-1)17-30-21-15-22(31-23(16-21)32-24-18-27-8-9-28-24)20-6-7-29-25(14-20)33-12-10-26-11-13-33/h6-9,14-16,18-19,26H,1-5,10-13,17H2,(H2,28,30,31,32). The third-order valence-electron chi connectivity index (χ3n) is 6.45. The smallest absolute Gasteiger partial charge is 0.150 e. The fraction of sp³-hybridized carbons (Fsp3) is 0.440. The van der Waals surface area contributed by atoms with Crippen molar-refractivity contribution in [1.29, 1.82) is 0 Å². The zero-order valence-electron chi connectivity index (χ0n) is 19.0. The topological polar surface area (TPSA) is 90.9 Å². The van der Waals surface area contributed by atoms with E-state index in [2.05, 4.69) is 54.0 Å². The Labute approximate surface area is 195 Å². The Kier molecular flexibility index (Phi) is 6.91. The Morgan fingerprint density at radius 3 is 2.64 bits per heavy atom. The van der Waals surface area contributed by atoms with Crippen molar-refractivity contribution in [3.63, 3.8) is 0 Å². The molecule has 1 saturated carbocycles. The van der Waals surface area contributed by atoms with E-state index < -0.39 is 0 Å². The van der Waals surface area contributed by atoms with E-state index in [9.17, 15) is 0 Å². The summed E-state index contributed by atoms with van der Waals surface area (Å²) >= 11 is 0. The minimum absolute atomic E-state index is 0.677.